The zero-order valence-corrected chi connectivity index (χ0v) is 30.0. The van der Waals surface area contributed by atoms with Gasteiger partial charge in [-0.3, -0.25) is 9.79 Å². The maximum Gasteiger partial charge on any atom is 0.524 e. The fourth-order valence-electron chi connectivity index (χ4n) is 5.18. The van der Waals surface area contributed by atoms with Crippen molar-refractivity contribution in [3.05, 3.63) is 94.0 Å². The van der Waals surface area contributed by atoms with E-state index in [9.17, 15) is 4.57 Å². The van der Waals surface area contributed by atoms with Crippen LogP contribution in [-0.4, -0.2) is 68.1 Å². The maximum absolute atomic E-state index is 11.2. The summed E-state index contributed by atoms with van der Waals surface area (Å²) < 4.78 is 22.8. The number of phosphoric acid groups is 1. The zero-order valence-electron chi connectivity index (χ0n) is 27.5. The van der Waals surface area contributed by atoms with Crippen LogP contribution >= 0.6 is 23.8 Å². The number of rotatable bonds is 10. The topological polar surface area (TPSA) is 103 Å². The van der Waals surface area contributed by atoms with Gasteiger partial charge in [-0.15, -0.1) is 0 Å². The van der Waals surface area contributed by atoms with Crippen molar-refractivity contribution in [3.8, 4) is 11.5 Å². The molecule has 2 aliphatic rings. The Hall–Kier alpha value is -2.49. The highest BCUT2D eigenvalue weighted by Gasteiger charge is 2.17. The van der Waals surface area contributed by atoms with E-state index in [4.69, 9.17) is 19.0 Å². The predicted octanol–water partition coefficient (Wildman–Crippen LogP) is 7.75. The molecule has 46 heavy (non-hydrogen) atoms. The molecule has 0 aromatic heterocycles. The van der Waals surface area contributed by atoms with Crippen LogP contribution < -0.4 is 19.9 Å². The van der Waals surface area contributed by atoms with E-state index in [1.807, 2.05) is 62.6 Å². The Bertz CT molecular complexity index is 1320. The van der Waals surface area contributed by atoms with Crippen molar-refractivity contribution in [2.45, 2.75) is 51.9 Å². The van der Waals surface area contributed by atoms with E-state index in [-0.39, 0.29) is 5.75 Å². The summed E-state index contributed by atoms with van der Waals surface area (Å²) in [5.74, 6) is 0.916. The van der Waals surface area contributed by atoms with E-state index in [0.717, 1.165) is 51.0 Å². The van der Waals surface area contributed by atoms with Gasteiger partial charge in [0.15, 0.2) is 0 Å². The van der Waals surface area contributed by atoms with E-state index < -0.39 is 7.82 Å². The standard InChI is InChI=1S/C26H29BrNO5P.2C5H11N/c1-4-25(19-5-11-22(27)12-6-19)26(21-9-15-24(16-10-21)33-34(29,30)31)20-7-13-23(14-8-20)32-18-17-28(2)3;2*1-2-4-6-5-3-1/h5-16H,4,17-18H2,1-3H3,(H2,29,30,31);2*6H,1-5H2/b26-25+;;. The highest BCUT2D eigenvalue weighted by Crippen LogP contribution is 2.40. The third-order valence-electron chi connectivity index (χ3n) is 7.58. The van der Waals surface area contributed by atoms with Crippen LogP contribution in [0.4, 0.5) is 0 Å². The molecular weight excluding hydrogens is 665 g/mol. The molecule has 5 rings (SSSR count). The van der Waals surface area contributed by atoms with Gasteiger partial charge in [-0.2, -0.15) is 0 Å². The first-order chi connectivity index (χ1) is 22.2. The number of hydrogen-bond acceptors (Lipinski definition) is 6. The minimum Gasteiger partial charge on any atom is -0.492 e. The molecule has 3 aromatic carbocycles. The van der Waals surface area contributed by atoms with Gasteiger partial charge in [0.25, 0.3) is 0 Å². The average Bonchev–Trinajstić information content (AvgIpc) is 3.06. The first kappa shape index (κ1) is 38.0. The normalized spacial score (nSPS) is 15.5. The number of halogens is 1. The highest BCUT2D eigenvalue weighted by atomic mass is 79.9. The SMILES string of the molecule is C1CCNCC1.C1CCNCC1.CC/C(=C(/c1ccc(OCCN(C)C)cc1)c1ccc(OP(=O)(O)O)cc1)c1ccc(Br)cc1. The average molecular weight is 717 g/mol. The van der Waals surface area contributed by atoms with Gasteiger partial charge in [-0.05, 0) is 137 Å². The maximum atomic E-state index is 11.2. The second-order valence-electron chi connectivity index (χ2n) is 11.6. The summed E-state index contributed by atoms with van der Waals surface area (Å²) in [5.41, 5.74) is 5.22. The number of phosphoric ester groups is 1. The summed E-state index contributed by atoms with van der Waals surface area (Å²) >= 11 is 3.50. The van der Waals surface area contributed by atoms with Crippen LogP contribution in [0.1, 0.15) is 68.6 Å². The Labute approximate surface area is 284 Å². The summed E-state index contributed by atoms with van der Waals surface area (Å²) in [6.07, 6.45) is 9.22. The third-order valence-corrected chi connectivity index (χ3v) is 8.56. The number of nitrogens with one attached hydrogen (secondary N) is 2. The van der Waals surface area contributed by atoms with Gasteiger partial charge in [0, 0.05) is 11.0 Å². The molecule has 0 unspecified atom stereocenters. The molecule has 2 fully saturated rings. The second kappa shape index (κ2) is 20.7. The molecule has 0 amide bonds. The van der Waals surface area contributed by atoms with Crippen LogP contribution in [0.5, 0.6) is 11.5 Å². The Kier molecular flexibility index (Phi) is 17.1. The van der Waals surface area contributed by atoms with Crippen LogP contribution in [0.15, 0.2) is 77.3 Å². The van der Waals surface area contributed by atoms with Crippen LogP contribution in [0, 0.1) is 0 Å². The summed E-state index contributed by atoms with van der Waals surface area (Å²) in [6, 6.07) is 23.0. The molecule has 2 saturated heterocycles. The number of benzene rings is 3. The van der Waals surface area contributed by atoms with Crippen molar-refractivity contribution in [2.24, 2.45) is 0 Å². The van der Waals surface area contributed by atoms with Crippen molar-refractivity contribution >= 4 is 34.9 Å². The minimum absolute atomic E-state index is 0.114. The molecule has 0 radical (unpaired) electrons. The summed E-state index contributed by atoms with van der Waals surface area (Å²) in [5, 5.41) is 6.57. The fraction of sp³-hybridized carbons (Fsp3) is 0.444. The van der Waals surface area contributed by atoms with Crippen LogP contribution in [-0.2, 0) is 4.57 Å². The lowest BCUT2D eigenvalue weighted by atomic mass is 9.88. The van der Waals surface area contributed by atoms with Crippen molar-refractivity contribution < 1.29 is 23.6 Å². The van der Waals surface area contributed by atoms with Crippen molar-refractivity contribution in [3.63, 3.8) is 0 Å². The van der Waals surface area contributed by atoms with E-state index >= 15 is 0 Å². The van der Waals surface area contributed by atoms with Gasteiger partial charge < -0.3 is 24.8 Å². The molecule has 0 spiro atoms. The second-order valence-corrected chi connectivity index (χ2v) is 13.7. The molecule has 8 nitrogen and oxygen atoms in total. The Morgan fingerprint density at radius 3 is 1.57 bits per heavy atom. The van der Waals surface area contributed by atoms with Crippen LogP contribution in [0.25, 0.3) is 11.1 Å². The molecule has 3 aromatic rings. The fourth-order valence-corrected chi connectivity index (χ4v) is 5.84. The summed E-state index contributed by atoms with van der Waals surface area (Å²) in [4.78, 5) is 20.3. The lowest BCUT2D eigenvalue weighted by molar-refractivity contribution is 0.261. The van der Waals surface area contributed by atoms with E-state index in [1.54, 1.807) is 12.1 Å². The number of allylic oxidation sites excluding steroid dienone is 1. The van der Waals surface area contributed by atoms with E-state index in [1.165, 1.54) is 64.7 Å². The van der Waals surface area contributed by atoms with Gasteiger partial charge in [-0.25, -0.2) is 4.57 Å². The van der Waals surface area contributed by atoms with E-state index in [2.05, 4.69) is 50.5 Å². The molecule has 0 aliphatic carbocycles. The lowest BCUT2D eigenvalue weighted by Crippen LogP contribution is -2.21. The first-order valence-corrected chi connectivity index (χ1v) is 18.6. The van der Waals surface area contributed by atoms with Crippen LogP contribution in [0.3, 0.4) is 0 Å². The predicted molar refractivity (Wildman–Crippen MR) is 193 cm³/mol. The number of piperidine rings is 2. The Balaban J connectivity index is 0.000000396. The first-order valence-electron chi connectivity index (χ1n) is 16.3. The van der Waals surface area contributed by atoms with Gasteiger partial charge in [0.05, 0.1) is 0 Å². The van der Waals surface area contributed by atoms with Crippen molar-refractivity contribution in [1.29, 1.82) is 0 Å². The van der Waals surface area contributed by atoms with Crippen molar-refractivity contribution in [1.82, 2.24) is 15.5 Å². The number of hydrogen-bond donors (Lipinski definition) is 4. The summed E-state index contributed by atoms with van der Waals surface area (Å²) in [6.45, 7) is 8.55. The quantitative estimate of drug-likeness (QED) is 0.125. The smallest absolute Gasteiger partial charge is 0.492 e. The molecule has 0 atom stereocenters. The van der Waals surface area contributed by atoms with Crippen LogP contribution in [0.2, 0.25) is 0 Å². The number of likely N-dealkylation sites (N-methyl/N-ethyl adjacent to an activating group) is 1. The minimum atomic E-state index is -4.62. The van der Waals surface area contributed by atoms with Gasteiger partial charge in [-0.1, -0.05) is 72.1 Å². The largest absolute Gasteiger partial charge is 0.524 e. The zero-order chi connectivity index (χ0) is 33.2. The van der Waals surface area contributed by atoms with E-state index in [0.29, 0.717) is 6.61 Å². The molecule has 2 heterocycles. The molecule has 0 bridgehead atoms. The number of nitrogens with zero attached hydrogens (tertiary/aromatic N) is 1. The molecule has 2 aliphatic heterocycles. The lowest BCUT2D eigenvalue weighted by Gasteiger charge is -2.18. The number of ether oxygens (including phenoxy) is 1. The summed E-state index contributed by atoms with van der Waals surface area (Å²) in [7, 11) is -0.600. The highest BCUT2D eigenvalue weighted by molar-refractivity contribution is 9.10. The molecule has 4 N–H and O–H groups in total. The molecule has 0 saturated carbocycles. The van der Waals surface area contributed by atoms with Crippen molar-refractivity contribution in [2.75, 3.05) is 53.4 Å². The van der Waals surface area contributed by atoms with Gasteiger partial charge >= 0.3 is 7.82 Å². The third kappa shape index (κ3) is 14.5. The molecule has 252 valence electrons. The Morgan fingerprint density at radius 1 is 0.739 bits per heavy atom. The molecular formula is C36H51BrN3O5P. The molecule has 10 heteroatoms. The monoisotopic (exact) mass is 715 g/mol. The van der Waals surface area contributed by atoms with Gasteiger partial charge in [0.1, 0.15) is 18.1 Å². The Morgan fingerprint density at radius 2 is 1.20 bits per heavy atom. The van der Waals surface area contributed by atoms with Gasteiger partial charge in [0.2, 0.25) is 0 Å².